The van der Waals surface area contributed by atoms with E-state index in [9.17, 15) is 14.9 Å². The van der Waals surface area contributed by atoms with Crippen molar-refractivity contribution in [3.8, 4) is 23.3 Å². The molecule has 0 spiro atoms. The number of nitriles is 1. The third kappa shape index (κ3) is 4.97. The Morgan fingerprint density at radius 1 is 1.03 bits per heavy atom. The van der Waals surface area contributed by atoms with Crippen molar-refractivity contribution in [1.82, 2.24) is 0 Å². The number of methoxy groups -OCH3 is 2. The molecule has 1 aliphatic rings. The lowest BCUT2D eigenvalue weighted by atomic mass is 10.1. The topological polar surface area (TPSA) is 88.9 Å². The largest absolute Gasteiger partial charge is 0.495 e. The number of hydrogen-bond acceptors (Lipinski definition) is 7. The SMILES string of the molecule is COc1ccccc1N1C(=O)S/C(=C\c2cc(Cl)c(OCc3ccccc3C#N)c(OC)c2)C1=O. The van der Waals surface area contributed by atoms with Crippen molar-refractivity contribution in [2.45, 2.75) is 6.61 Å². The van der Waals surface area contributed by atoms with Gasteiger partial charge >= 0.3 is 0 Å². The van der Waals surface area contributed by atoms with Gasteiger partial charge in [0.05, 0.1) is 41.5 Å². The molecule has 0 aromatic heterocycles. The van der Waals surface area contributed by atoms with E-state index >= 15 is 0 Å². The number of rotatable bonds is 7. The Hall–Kier alpha value is -3.93. The maximum atomic E-state index is 13.1. The number of anilines is 1. The molecule has 1 saturated heterocycles. The minimum absolute atomic E-state index is 0.122. The summed E-state index contributed by atoms with van der Waals surface area (Å²) < 4.78 is 16.6. The van der Waals surface area contributed by atoms with Gasteiger partial charge in [0.25, 0.3) is 11.1 Å². The fourth-order valence-electron chi connectivity index (χ4n) is 3.51. The fraction of sp³-hybridized carbons (Fsp3) is 0.115. The van der Waals surface area contributed by atoms with Gasteiger partial charge < -0.3 is 14.2 Å². The van der Waals surface area contributed by atoms with Crippen LogP contribution in [0, 0.1) is 11.3 Å². The molecular formula is C26H19ClN2O5S. The number of carbonyl (C=O) groups excluding carboxylic acids is 2. The molecule has 35 heavy (non-hydrogen) atoms. The van der Waals surface area contributed by atoms with Crippen LogP contribution in [0.1, 0.15) is 16.7 Å². The lowest BCUT2D eigenvalue weighted by Crippen LogP contribution is -2.28. The molecule has 0 aliphatic carbocycles. The van der Waals surface area contributed by atoms with Crippen molar-refractivity contribution in [3.05, 3.63) is 87.3 Å². The first-order valence-electron chi connectivity index (χ1n) is 10.4. The Balaban J connectivity index is 1.61. The smallest absolute Gasteiger partial charge is 0.298 e. The maximum Gasteiger partial charge on any atom is 0.298 e. The van der Waals surface area contributed by atoms with Crippen LogP contribution in [0.15, 0.2) is 65.6 Å². The second-order valence-electron chi connectivity index (χ2n) is 7.28. The predicted molar refractivity (Wildman–Crippen MR) is 135 cm³/mol. The molecule has 0 bridgehead atoms. The van der Waals surface area contributed by atoms with Gasteiger partial charge in [0.15, 0.2) is 11.5 Å². The average molecular weight is 507 g/mol. The number of halogens is 1. The molecule has 0 atom stereocenters. The van der Waals surface area contributed by atoms with E-state index in [1.807, 2.05) is 6.07 Å². The highest BCUT2D eigenvalue weighted by atomic mass is 35.5. The van der Waals surface area contributed by atoms with Crippen LogP contribution >= 0.6 is 23.4 Å². The van der Waals surface area contributed by atoms with Crippen LogP contribution in [0.4, 0.5) is 10.5 Å². The first-order chi connectivity index (χ1) is 17.0. The van der Waals surface area contributed by atoms with Crippen molar-refractivity contribution >= 4 is 46.3 Å². The van der Waals surface area contributed by atoms with Gasteiger partial charge in [-0.25, -0.2) is 4.90 Å². The van der Waals surface area contributed by atoms with E-state index < -0.39 is 11.1 Å². The minimum atomic E-state index is -0.465. The van der Waals surface area contributed by atoms with Crippen LogP contribution in [0.5, 0.6) is 17.2 Å². The molecule has 0 saturated carbocycles. The summed E-state index contributed by atoms with van der Waals surface area (Å²) in [6.45, 7) is 0.122. The lowest BCUT2D eigenvalue weighted by molar-refractivity contribution is -0.113. The number of nitrogens with zero attached hydrogens (tertiary/aromatic N) is 2. The number of thioether (sulfide) groups is 1. The van der Waals surface area contributed by atoms with Crippen LogP contribution in [-0.2, 0) is 11.4 Å². The minimum Gasteiger partial charge on any atom is -0.495 e. The van der Waals surface area contributed by atoms with Gasteiger partial charge in [0.2, 0.25) is 0 Å². The first kappa shape index (κ1) is 24.2. The van der Waals surface area contributed by atoms with E-state index in [2.05, 4.69) is 6.07 Å². The third-order valence-corrected chi connectivity index (χ3v) is 6.33. The van der Waals surface area contributed by atoms with E-state index in [0.29, 0.717) is 39.6 Å². The summed E-state index contributed by atoms with van der Waals surface area (Å²) in [6.07, 6.45) is 1.57. The number of ether oxygens (including phenoxy) is 3. The molecule has 9 heteroatoms. The quantitative estimate of drug-likeness (QED) is 0.360. The Bertz CT molecular complexity index is 1380. The number of carbonyl (C=O) groups is 2. The predicted octanol–water partition coefficient (Wildman–Crippen LogP) is 6.05. The number of hydrogen-bond donors (Lipinski definition) is 0. The highest BCUT2D eigenvalue weighted by Gasteiger charge is 2.37. The van der Waals surface area contributed by atoms with Gasteiger partial charge in [0.1, 0.15) is 12.4 Å². The van der Waals surface area contributed by atoms with Crippen molar-refractivity contribution in [2.75, 3.05) is 19.1 Å². The molecule has 1 heterocycles. The number of para-hydroxylation sites is 2. The molecule has 7 nitrogen and oxygen atoms in total. The maximum absolute atomic E-state index is 13.1. The monoisotopic (exact) mass is 506 g/mol. The van der Waals surface area contributed by atoms with Crippen molar-refractivity contribution in [2.24, 2.45) is 0 Å². The molecule has 4 rings (SSSR count). The van der Waals surface area contributed by atoms with Gasteiger partial charge in [-0.05, 0) is 53.7 Å². The molecule has 1 fully saturated rings. The zero-order valence-electron chi connectivity index (χ0n) is 18.8. The first-order valence-corrected chi connectivity index (χ1v) is 11.6. The van der Waals surface area contributed by atoms with Crippen LogP contribution < -0.4 is 19.1 Å². The number of benzene rings is 3. The molecule has 3 aromatic rings. The summed E-state index contributed by atoms with van der Waals surface area (Å²) in [5.41, 5.74) is 2.15. The standard InChI is InChI=1S/C26H19ClN2O5S/c1-32-21-10-6-5-9-20(21)29-25(30)23(35-26(29)31)13-16-11-19(27)24(22(12-16)33-2)34-15-18-8-4-3-7-17(18)14-28/h3-13H,15H2,1-2H3/b23-13-. The van der Waals surface area contributed by atoms with Gasteiger partial charge in [-0.15, -0.1) is 0 Å². The second kappa shape index (κ2) is 10.6. The summed E-state index contributed by atoms with van der Waals surface area (Å²) in [6, 6.07) is 19.3. The summed E-state index contributed by atoms with van der Waals surface area (Å²) in [5, 5.41) is 9.10. The van der Waals surface area contributed by atoms with Crippen LogP contribution in [0.2, 0.25) is 5.02 Å². The molecule has 2 amide bonds. The Morgan fingerprint density at radius 2 is 1.74 bits per heavy atom. The van der Waals surface area contributed by atoms with Crippen LogP contribution in [-0.4, -0.2) is 25.4 Å². The number of amides is 2. The molecule has 1 aliphatic heterocycles. The Labute approximate surface area is 211 Å². The molecule has 0 radical (unpaired) electrons. The van der Waals surface area contributed by atoms with E-state index in [-0.39, 0.29) is 16.5 Å². The van der Waals surface area contributed by atoms with Crippen molar-refractivity contribution in [3.63, 3.8) is 0 Å². The van der Waals surface area contributed by atoms with Gasteiger partial charge in [0, 0.05) is 5.56 Å². The van der Waals surface area contributed by atoms with Crippen molar-refractivity contribution < 1.29 is 23.8 Å². The normalized spacial score (nSPS) is 14.2. The summed E-state index contributed by atoms with van der Waals surface area (Å²) in [5.74, 6) is 0.608. The zero-order chi connectivity index (χ0) is 24.9. The summed E-state index contributed by atoms with van der Waals surface area (Å²) in [7, 11) is 2.95. The van der Waals surface area contributed by atoms with E-state index in [1.54, 1.807) is 60.7 Å². The highest BCUT2D eigenvalue weighted by Crippen LogP contribution is 2.41. The van der Waals surface area contributed by atoms with Crippen molar-refractivity contribution in [1.29, 1.82) is 5.26 Å². The third-order valence-electron chi connectivity index (χ3n) is 5.18. The molecular weight excluding hydrogens is 488 g/mol. The molecule has 176 valence electrons. The van der Waals surface area contributed by atoms with E-state index in [0.717, 1.165) is 16.7 Å². The van der Waals surface area contributed by atoms with Gasteiger partial charge in [-0.3, -0.25) is 9.59 Å². The second-order valence-corrected chi connectivity index (χ2v) is 8.68. The van der Waals surface area contributed by atoms with Crippen LogP contribution in [0.3, 0.4) is 0 Å². The van der Waals surface area contributed by atoms with Gasteiger partial charge in [-0.1, -0.05) is 41.9 Å². The molecule has 0 unspecified atom stereocenters. The van der Waals surface area contributed by atoms with E-state index in [4.69, 9.17) is 25.8 Å². The Morgan fingerprint density at radius 3 is 2.49 bits per heavy atom. The highest BCUT2D eigenvalue weighted by molar-refractivity contribution is 8.19. The average Bonchev–Trinajstić information content (AvgIpc) is 3.15. The summed E-state index contributed by atoms with van der Waals surface area (Å²) in [4.78, 5) is 27.0. The van der Waals surface area contributed by atoms with Crippen LogP contribution in [0.25, 0.3) is 6.08 Å². The molecule has 0 N–H and O–H groups in total. The van der Waals surface area contributed by atoms with Gasteiger partial charge in [-0.2, -0.15) is 5.26 Å². The fourth-order valence-corrected chi connectivity index (χ4v) is 4.62. The molecule has 3 aromatic carbocycles. The lowest BCUT2D eigenvalue weighted by Gasteiger charge is -2.16. The summed E-state index contributed by atoms with van der Waals surface area (Å²) >= 11 is 7.31. The van der Waals surface area contributed by atoms with E-state index in [1.165, 1.54) is 14.2 Å². The zero-order valence-corrected chi connectivity index (χ0v) is 20.4. The Kier molecular flexibility index (Phi) is 7.30. The number of imide groups is 1.